The molecule has 0 saturated carbocycles. The zero-order valence-corrected chi connectivity index (χ0v) is 9.78. The topological polar surface area (TPSA) is 44.8 Å². The molecular formula is C12H16O4. The van der Waals surface area contributed by atoms with E-state index in [1.54, 1.807) is 19.2 Å². The summed E-state index contributed by atoms with van der Waals surface area (Å²) in [6.45, 7) is 2.80. The molecule has 0 unspecified atom stereocenters. The summed E-state index contributed by atoms with van der Waals surface area (Å²) >= 11 is 0. The van der Waals surface area contributed by atoms with Gasteiger partial charge < -0.3 is 14.2 Å². The number of methoxy groups -OCH3 is 2. The highest BCUT2D eigenvalue weighted by atomic mass is 16.5. The lowest BCUT2D eigenvalue weighted by Gasteiger charge is -2.10. The zero-order chi connectivity index (χ0) is 12.0. The Balaban J connectivity index is 2.85. The van der Waals surface area contributed by atoms with Gasteiger partial charge in [0.2, 0.25) is 0 Å². The van der Waals surface area contributed by atoms with Gasteiger partial charge in [0.05, 0.1) is 13.7 Å². The Bertz CT molecular complexity index is 360. The predicted octanol–water partition coefficient (Wildman–Crippen LogP) is 1.81. The van der Waals surface area contributed by atoms with Gasteiger partial charge in [-0.05, 0) is 19.1 Å². The summed E-state index contributed by atoms with van der Waals surface area (Å²) in [5.41, 5.74) is 1.43. The monoisotopic (exact) mass is 224 g/mol. The summed E-state index contributed by atoms with van der Waals surface area (Å²) in [7, 11) is 2.95. The van der Waals surface area contributed by atoms with Crippen molar-refractivity contribution in [2.75, 3.05) is 27.4 Å². The van der Waals surface area contributed by atoms with E-state index < -0.39 is 5.97 Å². The minimum Gasteiger partial charge on any atom is -0.490 e. The van der Waals surface area contributed by atoms with Crippen LogP contribution in [0.4, 0.5) is 0 Å². The highest BCUT2D eigenvalue weighted by Crippen LogP contribution is 2.20. The molecule has 0 aliphatic heterocycles. The third-order valence-corrected chi connectivity index (χ3v) is 2.09. The molecule has 0 aliphatic carbocycles. The number of hydrogen-bond donors (Lipinski definition) is 0. The van der Waals surface area contributed by atoms with E-state index in [1.165, 1.54) is 7.11 Å². The molecule has 0 fully saturated rings. The first-order valence-corrected chi connectivity index (χ1v) is 4.99. The smallest absolute Gasteiger partial charge is 0.341 e. The molecular weight excluding hydrogens is 208 g/mol. The fourth-order valence-electron chi connectivity index (χ4n) is 1.27. The molecule has 0 N–H and O–H groups in total. The Labute approximate surface area is 95.1 Å². The lowest BCUT2D eigenvalue weighted by atomic mass is 10.1. The number of benzene rings is 1. The van der Waals surface area contributed by atoms with Crippen LogP contribution in [0.25, 0.3) is 0 Å². The van der Waals surface area contributed by atoms with Gasteiger partial charge in [0, 0.05) is 7.11 Å². The van der Waals surface area contributed by atoms with Crippen LogP contribution in [0.5, 0.6) is 5.75 Å². The quantitative estimate of drug-likeness (QED) is 0.565. The SMILES string of the molecule is COCCOc1ccc(C)cc1C(=O)OC. The first-order valence-electron chi connectivity index (χ1n) is 4.99. The van der Waals surface area contributed by atoms with Crippen molar-refractivity contribution in [1.82, 2.24) is 0 Å². The van der Waals surface area contributed by atoms with Gasteiger partial charge in [0.25, 0.3) is 0 Å². The average molecular weight is 224 g/mol. The van der Waals surface area contributed by atoms with E-state index in [0.29, 0.717) is 24.5 Å². The Kier molecular flexibility index (Phi) is 4.79. The van der Waals surface area contributed by atoms with E-state index in [9.17, 15) is 4.79 Å². The van der Waals surface area contributed by atoms with E-state index in [1.807, 2.05) is 13.0 Å². The van der Waals surface area contributed by atoms with E-state index in [0.717, 1.165) is 5.56 Å². The van der Waals surface area contributed by atoms with Gasteiger partial charge in [-0.15, -0.1) is 0 Å². The van der Waals surface area contributed by atoms with Gasteiger partial charge in [0.15, 0.2) is 0 Å². The van der Waals surface area contributed by atoms with Crippen molar-refractivity contribution in [3.63, 3.8) is 0 Å². The lowest BCUT2D eigenvalue weighted by molar-refractivity contribution is 0.0593. The van der Waals surface area contributed by atoms with Crippen LogP contribution in [0.1, 0.15) is 15.9 Å². The molecule has 0 atom stereocenters. The normalized spacial score (nSPS) is 9.94. The average Bonchev–Trinajstić information content (AvgIpc) is 2.30. The van der Waals surface area contributed by atoms with E-state index >= 15 is 0 Å². The maximum absolute atomic E-state index is 11.5. The van der Waals surface area contributed by atoms with Crippen molar-refractivity contribution in [2.45, 2.75) is 6.92 Å². The highest BCUT2D eigenvalue weighted by molar-refractivity contribution is 5.92. The minimum atomic E-state index is -0.392. The number of aryl methyl sites for hydroxylation is 1. The largest absolute Gasteiger partial charge is 0.490 e. The molecule has 0 aliphatic rings. The number of carbonyl (C=O) groups is 1. The van der Waals surface area contributed by atoms with Crippen LogP contribution in [0.2, 0.25) is 0 Å². The molecule has 88 valence electrons. The van der Waals surface area contributed by atoms with Crippen molar-refractivity contribution in [1.29, 1.82) is 0 Å². The first-order chi connectivity index (χ1) is 7.69. The Morgan fingerprint density at radius 2 is 2.00 bits per heavy atom. The second-order valence-electron chi connectivity index (χ2n) is 3.33. The van der Waals surface area contributed by atoms with Crippen LogP contribution in [-0.2, 0) is 9.47 Å². The molecule has 0 bridgehead atoms. The third-order valence-electron chi connectivity index (χ3n) is 2.09. The van der Waals surface area contributed by atoms with Crippen molar-refractivity contribution in [2.24, 2.45) is 0 Å². The van der Waals surface area contributed by atoms with Gasteiger partial charge in [0.1, 0.15) is 17.9 Å². The summed E-state index contributed by atoms with van der Waals surface area (Å²) in [5.74, 6) is 0.130. The van der Waals surface area contributed by atoms with Crippen molar-refractivity contribution < 1.29 is 19.0 Å². The summed E-state index contributed by atoms with van der Waals surface area (Å²) in [6, 6.07) is 5.39. The predicted molar refractivity (Wildman–Crippen MR) is 59.9 cm³/mol. The molecule has 0 spiro atoms. The van der Waals surface area contributed by atoms with E-state index in [-0.39, 0.29) is 0 Å². The highest BCUT2D eigenvalue weighted by Gasteiger charge is 2.12. The maximum Gasteiger partial charge on any atom is 0.341 e. The first kappa shape index (κ1) is 12.5. The summed E-state index contributed by atoms with van der Waals surface area (Å²) < 4.78 is 15.0. The third kappa shape index (κ3) is 3.24. The van der Waals surface area contributed by atoms with Crippen LogP contribution >= 0.6 is 0 Å². The number of esters is 1. The number of ether oxygens (including phenoxy) is 3. The van der Waals surface area contributed by atoms with Crippen LogP contribution in [0.3, 0.4) is 0 Å². The van der Waals surface area contributed by atoms with E-state index in [2.05, 4.69) is 4.74 Å². The molecule has 0 radical (unpaired) electrons. The van der Waals surface area contributed by atoms with Gasteiger partial charge >= 0.3 is 5.97 Å². The van der Waals surface area contributed by atoms with Crippen LogP contribution in [0.15, 0.2) is 18.2 Å². The zero-order valence-electron chi connectivity index (χ0n) is 9.78. The summed E-state index contributed by atoms with van der Waals surface area (Å²) in [4.78, 5) is 11.5. The van der Waals surface area contributed by atoms with Crippen molar-refractivity contribution in [3.8, 4) is 5.75 Å². The van der Waals surface area contributed by atoms with Gasteiger partial charge in [-0.1, -0.05) is 11.6 Å². The molecule has 4 heteroatoms. The maximum atomic E-state index is 11.5. The summed E-state index contributed by atoms with van der Waals surface area (Å²) in [5, 5.41) is 0. The lowest BCUT2D eigenvalue weighted by Crippen LogP contribution is -2.09. The molecule has 0 aromatic heterocycles. The molecule has 0 saturated heterocycles. The molecule has 1 aromatic carbocycles. The Morgan fingerprint density at radius 3 is 2.62 bits per heavy atom. The number of rotatable bonds is 5. The molecule has 1 rings (SSSR count). The van der Waals surface area contributed by atoms with Crippen molar-refractivity contribution >= 4 is 5.97 Å². The van der Waals surface area contributed by atoms with E-state index in [4.69, 9.17) is 9.47 Å². The number of carbonyl (C=O) groups excluding carboxylic acids is 1. The van der Waals surface area contributed by atoms with Gasteiger partial charge in [-0.25, -0.2) is 4.79 Å². The van der Waals surface area contributed by atoms with Crippen molar-refractivity contribution in [3.05, 3.63) is 29.3 Å². The minimum absolute atomic E-state index is 0.392. The fourth-order valence-corrected chi connectivity index (χ4v) is 1.27. The molecule has 0 amide bonds. The van der Waals surface area contributed by atoms with Crippen LogP contribution in [-0.4, -0.2) is 33.4 Å². The molecule has 1 aromatic rings. The second-order valence-corrected chi connectivity index (χ2v) is 3.33. The standard InChI is InChI=1S/C12H16O4/c1-9-4-5-11(16-7-6-14-2)10(8-9)12(13)15-3/h4-5,8H,6-7H2,1-3H3. The fraction of sp³-hybridized carbons (Fsp3) is 0.417. The summed E-state index contributed by atoms with van der Waals surface area (Å²) in [6.07, 6.45) is 0. The molecule has 16 heavy (non-hydrogen) atoms. The van der Waals surface area contributed by atoms with Crippen LogP contribution < -0.4 is 4.74 Å². The van der Waals surface area contributed by atoms with Crippen LogP contribution in [0, 0.1) is 6.92 Å². The number of hydrogen-bond acceptors (Lipinski definition) is 4. The Morgan fingerprint density at radius 1 is 1.25 bits per heavy atom. The second kappa shape index (κ2) is 6.12. The molecule has 4 nitrogen and oxygen atoms in total. The van der Waals surface area contributed by atoms with Gasteiger partial charge in [-0.2, -0.15) is 0 Å². The Hall–Kier alpha value is -1.55. The van der Waals surface area contributed by atoms with Gasteiger partial charge in [-0.3, -0.25) is 0 Å². The molecule has 0 heterocycles.